The lowest BCUT2D eigenvalue weighted by Crippen LogP contribution is -2.12. The summed E-state index contributed by atoms with van der Waals surface area (Å²) >= 11 is 0. The van der Waals surface area contributed by atoms with E-state index in [9.17, 15) is 17.2 Å². The molecule has 0 aromatic heterocycles. The maximum atomic E-state index is 13.5. The van der Waals surface area contributed by atoms with Crippen LogP contribution in [-0.4, -0.2) is 22.1 Å². The van der Waals surface area contributed by atoms with Gasteiger partial charge in [-0.25, -0.2) is 8.78 Å². The van der Waals surface area contributed by atoms with Crippen molar-refractivity contribution in [1.82, 2.24) is 0 Å². The highest BCUT2D eigenvalue weighted by Crippen LogP contribution is 2.22. The molecular weight excluding hydrogens is 314 g/mol. The van der Waals surface area contributed by atoms with Gasteiger partial charge in [0, 0.05) is 7.11 Å². The number of benzene rings is 2. The molecule has 22 heavy (non-hydrogen) atoms. The van der Waals surface area contributed by atoms with Crippen LogP contribution in [0.4, 0.5) is 8.78 Å². The highest BCUT2D eigenvalue weighted by molar-refractivity contribution is 7.87. The van der Waals surface area contributed by atoms with Gasteiger partial charge in [0.05, 0.1) is 6.61 Å². The van der Waals surface area contributed by atoms with Gasteiger partial charge in [-0.3, -0.25) is 0 Å². The van der Waals surface area contributed by atoms with Crippen molar-refractivity contribution in [3.63, 3.8) is 0 Å². The van der Waals surface area contributed by atoms with Crippen LogP contribution in [0.3, 0.4) is 0 Å². The molecule has 7 heteroatoms. The molecule has 0 aliphatic carbocycles. The number of ether oxygens (including phenoxy) is 1. The first-order chi connectivity index (χ1) is 10.4. The third-order valence-corrected chi connectivity index (χ3v) is 4.15. The molecule has 0 amide bonds. The molecule has 0 radical (unpaired) electrons. The number of hydrogen-bond donors (Lipinski definition) is 0. The van der Waals surface area contributed by atoms with Crippen LogP contribution in [0, 0.1) is 11.6 Å². The molecule has 0 atom stereocenters. The van der Waals surface area contributed by atoms with Gasteiger partial charge in [-0.1, -0.05) is 12.1 Å². The second-order valence-corrected chi connectivity index (χ2v) is 6.01. The summed E-state index contributed by atoms with van der Waals surface area (Å²) < 4.78 is 60.3. The van der Waals surface area contributed by atoms with E-state index in [0.717, 1.165) is 17.7 Å². The van der Waals surface area contributed by atoms with Gasteiger partial charge in [0.1, 0.15) is 22.3 Å². The van der Waals surface area contributed by atoms with Gasteiger partial charge in [0.2, 0.25) is 0 Å². The second-order valence-electron chi connectivity index (χ2n) is 4.50. The van der Waals surface area contributed by atoms with Gasteiger partial charge < -0.3 is 8.92 Å². The Morgan fingerprint density at radius 3 is 2.36 bits per heavy atom. The van der Waals surface area contributed by atoms with Crippen LogP contribution >= 0.6 is 0 Å². The zero-order valence-corrected chi connectivity index (χ0v) is 12.6. The van der Waals surface area contributed by atoms with E-state index in [1.165, 1.54) is 12.1 Å². The largest absolute Gasteiger partial charge is 0.384 e. The van der Waals surface area contributed by atoms with Gasteiger partial charge in [-0.2, -0.15) is 8.42 Å². The number of hydrogen-bond acceptors (Lipinski definition) is 4. The molecule has 0 bridgehead atoms. The van der Waals surface area contributed by atoms with Crippen LogP contribution in [0.5, 0.6) is 5.75 Å². The van der Waals surface area contributed by atoms with Gasteiger partial charge in [0.15, 0.2) is 0 Å². The van der Waals surface area contributed by atoms with Crippen molar-refractivity contribution in [1.29, 1.82) is 0 Å². The zero-order chi connectivity index (χ0) is 16.2. The Hall–Kier alpha value is -1.99. The number of methoxy groups -OCH3 is 1. The summed E-state index contributed by atoms with van der Waals surface area (Å²) in [5.74, 6) is -1.92. The van der Waals surface area contributed by atoms with E-state index >= 15 is 0 Å². The Balaban J connectivity index is 2.20. The fraction of sp³-hybridized carbons (Fsp3) is 0.200. The molecule has 0 fully saturated rings. The molecule has 0 N–H and O–H groups in total. The predicted octanol–water partition coefficient (Wildman–Crippen LogP) is 2.92. The average Bonchev–Trinajstić information content (AvgIpc) is 2.48. The molecule has 118 valence electrons. The normalized spacial score (nSPS) is 11.4. The van der Waals surface area contributed by atoms with E-state index in [0.29, 0.717) is 19.1 Å². The van der Waals surface area contributed by atoms with Crippen LogP contribution in [-0.2, 0) is 21.3 Å². The van der Waals surface area contributed by atoms with Crippen molar-refractivity contribution < 1.29 is 26.1 Å². The van der Waals surface area contributed by atoms with E-state index in [-0.39, 0.29) is 5.75 Å². The van der Waals surface area contributed by atoms with Crippen LogP contribution in [0.2, 0.25) is 0 Å². The predicted molar refractivity (Wildman–Crippen MR) is 76.2 cm³/mol. The second kappa shape index (κ2) is 6.85. The number of rotatable bonds is 6. The molecule has 0 spiro atoms. The summed E-state index contributed by atoms with van der Waals surface area (Å²) in [6.45, 7) is 0.535. The highest BCUT2D eigenvalue weighted by Gasteiger charge is 2.22. The van der Waals surface area contributed by atoms with Crippen LogP contribution in [0.25, 0.3) is 0 Å². The van der Waals surface area contributed by atoms with Crippen molar-refractivity contribution in [3.8, 4) is 5.75 Å². The molecule has 2 aromatic rings. The third kappa shape index (κ3) is 4.02. The molecule has 0 unspecified atom stereocenters. The smallest absolute Gasteiger partial charge is 0.342 e. The lowest BCUT2D eigenvalue weighted by Gasteiger charge is -2.08. The molecule has 0 saturated heterocycles. The van der Waals surface area contributed by atoms with Crippen LogP contribution in [0.1, 0.15) is 5.56 Å². The molecule has 2 rings (SSSR count). The van der Waals surface area contributed by atoms with Crippen molar-refractivity contribution in [2.45, 2.75) is 11.3 Å². The first kappa shape index (κ1) is 16.4. The van der Waals surface area contributed by atoms with Crippen molar-refractivity contribution in [3.05, 3.63) is 59.7 Å². The lowest BCUT2D eigenvalue weighted by atomic mass is 10.1. The van der Waals surface area contributed by atoms with E-state index in [1.54, 1.807) is 19.2 Å². The van der Waals surface area contributed by atoms with E-state index in [4.69, 9.17) is 8.92 Å². The first-order valence-electron chi connectivity index (χ1n) is 6.40. The van der Waals surface area contributed by atoms with Crippen molar-refractivity contribution >= 4 is 10.1 Å². The molecule has 0 saturated carbocycles. The zero-order valence-electron chi connectivity index (χ0n) is 11.8. The summed E-state index contributed by atoms with van der Waals surface area (Å²) in [7, 11) is -2.86. The summed E-state index contributed by atoms with van der Waals surface area (Å²) in [6, 6.07) is 8.38. The Bertz CT molecular complexity index is 743. The summed E-state index contributed by atoms with van der Waals surface area (Å²) in [5, 5.41) is 0. The van der Waals surface area contributed by atoms with Gasteiger partial charge in [0.25, 0.3) is 0 Å². The summed E-state index contributed by atoms with van der Waals surface area (Å²) in [6.07, 6.45) is 0.669. The summed E-state index contributed by atoms with van der Waals surface area (Å²) in [5.41, 5.74) is 0.934. The molecule has 2 aromatic carbocycles. The van der Waals surface area contributed by atoms with Gasteiger partial charge >= 0.3 is 10.1 Å². The lowest BCUT2D eigenvalue weighted by molar-refractivity contribution is 0.202. The maximum Gasteiger partial charge on any atom is 0.342 e. The minimum Gasteiger partial charge on any atom is -0.384 e. The van der Waals surface area contributed by atoms with Gasteiger partial charge in [-0.15, -0.1) is 0 Å². The fourth-order valence-corrected chi connectivity index (χ4v) is 2.79. The average molecular weight is 328 g/mol. The maximum absolute atomic E-state index is 13.5. The van der Waals surface area contributed by atoms with Crippen LogP contribution < -0.4 is 4.18 Å². The van der Waals surface area contributed by atoms with E-state index < -0.39 is 26.6 Å². The van der Waals surface area contributed by atoms with Crippen molar-refractivity contribution in [2.24, 2.45) is 0 Å². The topological polar surface area (TPSA) is 52.6 Å². The Labute approximate surface area is 127 Å². The molecular formula is C15H14F2O4S. The SMILES string of the molecule is COCCc1ccc(OS(=O)(=O)c2cc(F)ccc2F)cc1. The Morgan fingerprint density at radius 2 is 1.73 bits per heavy atom. The molecule has 4 nitrogen and oxygen atoms in total. The fourth-order valence-electron chi connectivity index (χ4n) is 1.77. The number of halogens is 2. The van der Waals surface area contributed by atoms with Crippen molar-refractivity contribution in [2.75, 3.05) is 13.7 Å². The monoisotopic (exact) mass is 328 g/mol. The minimum absolute atomic E-state index is 0.0184. The molecule has 0 aliphatic heterocycles. The quantitative estimate of drug-likeness (QED) is 0.765. The van der Waals surface area contributed by atoms with Gasteiger partial charge in [-0.05, 0) is 42.3 Å². The third-order valence-electron chi connectivity index (χ3n) is 2.89. The molecule has 0 aliphatic rings. The van der Waals surface area contributed by atoms with E-state index in [2.05, 4.69) is 0 Å². The summed E-state index contributed by atoms with van der Waals surface area (Å²) in [4.78, 5) is -0.837. The van der Waals surface area contributed by atoms with Crippen LogP contribution in [0.15, 0.2) is 47.4 Å². The standard InChI is InChI=1S/C15H14F2O4S/c1-20-9-8-11-2-5-13(6-3-11)21-22(18,19)15-10-12(16)4-7-14(15)17/h2-7,10H,8-9H2,1H3. The first-order valence-corrected chi connectivity index (χ1v) is 7.80. The van der Waals surface area contributed by atoms with E-state index in [1.807, 2.05) is 0 Å². The molecule has 0 heterocycles. The Morgan fingerprint density at radius 1 is 1.05 bits per heavy atom. The minimum atomic E-state index is -4.44. The highest BCUT2D eigenvalue weighted by atomic mass is 32.2. The Kier molecular flexibility index (Phi) is 5.10.